The van der Waals surface area contributed by atoms with Crippen LogP contribution in [-0.4, -0.2) is 52.9 Å². The number of hydrogen-bond donors (Lipinski definition) is 2. The number of carboxylic acids is 1. The van der Waals surface area contributed by atoms with Crippen molar-refractivity contribution in [3.63, 3.8) is 0 Å². The number of rotatable bonds is 5. The summed E-state index contributed by atoms with van der Waals surface area (Å²) < 4.78 is 112. The predicted molar refractivity (Wildman–Crippen MR) is 155 cm³/mol. The number of carbonyl (C=O) groups excluding carboxylic acids is 1. The molecular formula is C26H19Cl3F8N4O6S. The minimum absolute atomic E-state index is 0.0356. The lowest BCUT2D eigenvalue weighted by Gasteiger charge is -2.00. The Bertz CT molecular complexity index is 1630. The molecule has 4 rings (SSSR count). The third-order valence-corrected chi connectivity index (χ3v) is 4.58. The van der Waals surface area contributed by atoms with Crippen LogP contribution in [0, 0.1) is 46.5 Å². The highest BCUT2D eigenvalue weighted by Crippen LogP contribution is 2.09. The molecule has 0 amide bonds. The van der Waals surface area contributed by atoms with Crippen LogP contribution in [0.1, 0.15) is 39.3 Å². The Labute approximate surface area is 281 Å². The van der Waals surface area contributed by atoms with E-state index in [2.05, 4.69) is 46.0 Å². The number of alkyl halides is 1. The number of halogens is 11. The van der Waals surface area contributed by atoms with E-state index in [1.54, 1.807) is 6.92 Å². The Morgan fingerprint density at radius 2 is 1.06 bits per heavy atom. The molecule has 0 aliphatic rings. The Morgan fingerprint density at radius 3 is 1.38 bits per heavy atom. The van der Waals surface area contributed by atoms with Gasteiger partial charge in [-0.15, -0.1) is 11.6 Å². The number of ether oxygens (including phenoxy) is 1. The molecule has 0 radical (unpaired) electrons. The van der Waals surface area contributed by atoms with Crippen LogP contribution in [0.2, 0.25) is 0 Å². The fourth-order valence-corrected chi connectivity index (χ4v) is 2.63. The number of nitrogens with zero attached hydrogens (tertiary/aromatic N) is 4. The van der Waals surface area contributed by atoms with Crippen LogP contribution in [0.25, 0.3) is 0 Å². The van der Waals surface area contributed by atoms with Crippen molar-refractivity contribution in [2.75, 3.05) is 6.61 Å². The summed E-state index contributed by atoms with van der Waals surface area (Å²) in [5.74, 6) is -9.29. The molecule has 0 unspecified atom stereocenters. The van der Waals surface area contributed by atoms with E-state index in [1.165, 1.54) is 0 Å². The van der Waals surface area contributed by atoms with Crippen LogP contribution < -0.4 is 0 Å². The van der Waals surface area contributed by atoms with Gasteiger partial charge in [-0.25, -0.2) is 58.9 Å². The summed E-state index contributed by atoms with van der Waals surface area (Å²) in [4.78, 5) is 34.0. The Balaban J connectivity index is 0.000000594. The summed E-state index contributed by atoms with van der Waals surface area (Å²) in [5.41, 5.74) is -1.33. The van der Waals surface area contributed by atoms with Gasteiger partial charge in [-0.2, -0.15) is 0 Å². The van der Waals surface area contributed by atoms with Crippen molar-refractivity contribution < 1.29 is 63.9 Å². The van der Waals surface area contributed by atoms with Gasteiger partial charge < -0.3 is 14.9 Å². The van der Waals surface area contributed by atoms with Crippen molar-refractivity contribution in [3.8, 4) is 0 Å². The lowest BCUT2D eigenvalue weighted by Crippen LogP contribution is -2.09. The number of aliphatic hydroxyl groups excluding tert-OH is 1. The summed E-state index contributed by atoms with van der Waals surface area (Å²) in [5, 5.41) is 16.6. The number of carboxylic acid groups (broad SMARTS) is 1. The maximum atomic E-state index is 12.8. The van der Waals surface area contributed by atoms with Crippen molar-refractivity contribution in [2.45, 2.75) is 19.4 Å². The van der Waals surface area contributed by atoms with Gasteiger partial charge in [0.05, 0.1) is 49.6 Å². The molecule has 22 heteroatoms. The summed E-state index contributed by atoms with van der Waals surface area (Å²) >= 11 is 5.26. The highest BCUT2D eigenvalue weighted by Gasteiger charge is 2.15. The maximum absolute atomic E-state index is 12.8. The van der Waals surface area contributed by atoms with Crippen molar-refractivity contribution in [3.05, 3.63) is 118 Å². The minimum atomic E-state index is -1.67. The van der Waals surface area contributed by atoms with Crippen molar-refractivity contribution in [2.24, 2.45) is 0 Å². The summed E-state index contributed by atoms with van der Waals surface area (Å²) in [6, 6.07) is 2.49. The minimum Gasteiger partial charge on any atom is -0.476 e. The van der Waals surface area contributed by atoms with Gasteiger partial charge in [-0.3, -0.25) is 9.97 Å². The van der Waals surface area contributed by atoms with Gasteiger partial charge in [0.15, 0.2) is 23.0 Å². The largest absolute Gasteiger partial charge is 0.476 e. The second-order valence-electron chi connectivity index (χ2n) is 7.63. The summed E-state index contributed by atoms with van der Waals surface area (Å²) in [7, 11) is 7.36. The van der Waals surface area contributed by atoms with E-state index >= 15 is 0 Å². The average Bonchev–Trinajstić information content (AvgIpc) is 2.98. The SMILES string of the molecule is CCOC(=O)c1ncc(F)cc1F.Fc1cnc(CCl)c(F)c1.O=C(O)c1ncc(F)cc1F.O=S(Cl)Cl.OCc1ncc(F)cc1F. The first-order valence-electron chi connectivity index (χ1n) is 12.0. The van der Waals surface area contributed by atoms with Crippen LogP contribution in [0.15, 0.2) is 49.1 Å². The Hall–Kier alpha value is -4.04. The number of hydrogen-bond acceptors (Lipinski definition) is 9. The molecule has 0 spiro atoms. The van der Waals surface area contributed by atoms with Crippen LogP contribution in [0.3, 0.4) is 0 Å². The highest BCUT2D eigenvalue weighted by atomic mass is 36.0. The van der Waals surface area contributed by atoms with Crippen molar-refractivity contribution in [1.82, 2.24) is 19.9 Å². The predicted octanol–water partition coefficient (Wildman–Crippen LogP) is 6.59. The number of aromatic nitrogens is 4. The molecule has 2 N–H and O–H groups in total. The molecule has 4 aromatic heterocycles. The molecule has 0 aliphatic heterocycles. The lowest BCUT2D eigenvalue weighted by atomic mass is 10.3. The molecule has 0 bridgehead atoms. The van der Waals surface area contributed by atoms with Crippen LogP contribution in [0.5, 0.6) is 0 Å². The zero-order chi connectivity index (χ0) is 37.0. The van der Waals surface area contributed by atoms with E-state index in [1.807, 2.05) is 0 Å². The average molecular weight is 774 g/mol. The number of carbonyl (C=O) groups is 2. The van der Waals surface area contributed by atoms with E-state index in [4.69, 9.17) is 26.0 Å². The fraction of sp³-hybridized carbons (Fsp3) is 0.154. The molecule has 4 heterocycles. The molecule has 0 saturated heterocycles. The smallest absolute Gasteiger partial charge is 0.359 e. The van der Waals surface area contributed by atoms with Crippen LogP contribution in [0.4, 0.5) is 35.1 Å². The number of aliphatic hydroxyl groups is 1. The molecule has 4 aromatic rings. The van der Waals surface area contributed by atoms with E-state index in [0.717, 1.165) is 24.7 Å². The monoisotopic (exact) mass is 772 g/mol. The first-order valence-corrected chi connectivity index (χ1v) is 15.3. The molecule has 262 valence electrons. The number of aromatic carboxylic acids is 1. The van der Waals surface area contributed by atoms with Crippen LogP contribution in [-0.2, 0) is 26.5 Å². The maximum Gasteiger partial charge on any atom is 0.359 e. The molecule has 0 fully saturated rings. The quantitative estimate of drug-likeness (QED) is 0.0984. The van der Waals surface area contributed by atoms with Crippen LogP contribution >= 0.6 is 33.0 Å². The zero-order valence-electron chi connectivity index (χ0n) is 23.6. The highest BCUT2D eigenvalue weighted by molar-refractivity contribution is 8.26. The standard InChI is InChI=1S/C8H7F2NO2.C6H4ClF2N.C6H3F2NO2.C6H5F2NO.Cl2OS/c1-2-13-8(12)7-6(10)3-5(9)4-11-7;7-2-6-5(9)1-4(8)3-10-6;7-3-1-4(8)5(6(10)11)9-2-3;7-4-1-5(8)6(3-10)9-2-4;1-4(2)3/h3-4H,2H2,1H3;1,3H,2H2;1-2H,(H,10,11);1-2,10H,3H2;. The summed E-state index contributed by atoms with van der Waals surface area (Å²) in [6.07, 6.45) is 3.19. The first kappa shape index (κ1) is 44.0. The normalized spacial score (nSPS) is 9.71. The van der Waals surface area contributed by atoms with Gasteiger partial charge in [-0.1, -0.05) is 0 Å². The molecule has 10 nitrogen and oxygen atoms in total. The van der Waals surface area contributed by atoms with Gasteiger partial charge in [0.25, 0.3) is 0 Å². The number of esters is 1. The van der Waals surface area contributed by atoms with E-state index < -0.39 is 85.7 Å². The fourth-order valence-electron chi connectivity index (χ4n) is 2.44. The van der Waals surface area contributed by atoms with Crippen molar-refractivity contribution >= 4 is 54.1 Å². The molecule has 0 saturated carbocycles. The molecular weight excluding hydrogens is 755 g/mol. The van der Waals surface area contributed by atoms with E-state index in [9.17, 15) is 44.7 Å². The molecule has 0 aliphatic carbocycles. The van der Waals surface area contributed by atoms with E-state index in [-0.39, 0.29) is 23.9 Å². The number of pyridine rings is 4. The van der Waals surface area contributed by atoms with Gasteiger partial charge >= 0.3 is 11.9 Å². The summed E-state index contributed by atoms with van der Waals surface area (Å²) in [6.45, 7) is 1.20. The third-order valence-electron chi connectivity index (χ3n) is 4.33. The van der Waals surface area contributed by atoms with Gasteiger partial charge in [0, 0.05) is 45.6 Å². The lowest BCUT2D eigenvalue weighted by molar-refractivity contribution is 0.0512. The zero-order valence-corrected chi connectivity index (χ0v) is 26.7. The second-order valence-corrected chi connectivity index (χ2v) is 10.4. The van der Waals surface area contributed by atoms with Crippen molar-refractivity contribution in [1.29, 1.82) is 0 Å². The van der Waals surface area contributed by atoms with Gasteiger partial charge in [0.1, 0.15) is 40.6 Å². The Kier molecular flexibility index (Phi) is 21.4. The second kappa shape index (κ2) is 23.3. The first-order chi connectivity index (χ1) is 22.5. The van der Waals surface area contributed by atoms with Gasteiger partial charge in [-0.05, 0) is 6.92 Å². The Morgan fingerprint density at radius 1 is 0.708 bits per heavy atom. The molecule has 0 atom stereocenters. The van der Waals surface area contributed by atoms with Gasteiger partial charge in [0.2, 0.25) is 9.23 Å². The molecule has 48 heavy (non-hydrogen) atoms. The molecule has 0 aromatic carbocycles. The topological polar surface area (TPSA) is 152 Å². The third kappa shape index (κ3) is 17.8. The van der Waals surface area contributed by atoms with E-state index in [0.29, 0.717) is 24.4 Å².